The van der Waals surface area contributed by atoms with Crippen LogP contribution in [0, 0.1) is 0 Å². The molecule has 0 bridgehead atoms. The summed E-state index contributed by atoms with van der Waals surface area (Å²) in [5.74, 6) is 0.708. The first-order chi connectivity index (χ1) is 14.8. The maximum atomic E-state index is 13.2. The fourth-order valence-electron chi connectivity index (χ4n) is 4.10. The van der Waals surface area contributed by atoms with Crippen LogP contribution < -0.4 is 25.8 Å². The predicted octanol–water partition coefficient (Wildman–Crippen LogP) is -0.453. The first-order valence-corrected chi connectivity index (χ1v) is 10.1. The molecule has 0 unspecified atom stereocenters. The first-order valence-electron chi connectivity index (χ1n) is 10.1. The molecule has 164 valence electrons. The molecule has 2 aromatic rings. The van der Waals surface area contributed by atoms with Gasteiger partial charge in [0, 0.05) is 46.3 Å². The summed E-state index contributed by atoms with van der Waals surface area (Å²) in [6.07, 6.45) is 0. The average Bonchev–Trinajstić information content (AvgIpc) is 2.79. The molecule has 1 aromatic heterocycles. The van der Waals surface area contributed by atoms with Gasteiger partial charge in [0.25, 0.3) is 11.5 Å². The molecule has 0 aliphatic carbocycles. The second-order valence-electron chi connectivity index (χ2n) is 7.75. The largest absolute Gasteiger partial charge is 0.482 e. The van der Waals surface area contributed by atoms with E-state index in [1.807, 2.05) is 11.0 Å². The summed E-state index contributed by atoms with van der Waals surface area (Å²) < 4.78 is 7.96. The van der Waals surface area contributed by atoms with E-state index in [-0.39, 0.29) is 29.7 Å². The fourth-order valence-corrected chi connectivity index (χ4v) is 4.10. The van der Waals surface area contributed by atoms with Crippen molar-refractivity contribution in [3.63, 3.8) is 0 Å². The lowest BCUT2D eigenvalue weighted by Gasteiger charge is -2.40. The van der Waals surface area contributed by atoms with Gasteiger partial charge in [0.1, 0.15) is 17.6 Å². The van der Waals surface area contributed by atoms with E-state index in [9.17, 15) is 19.2 Å². The second kappa shape index (κ2) is 7.93. The molecule has 0 saturated carbocycles. The van der Waals surface area contributed by atoms with Crippen LogP contribution in [0.1, 0.15) is 6.92 Å². The van der Waals surface area contributed by atoms with E-state index in [2.05, 4.69) is 0 Å². The normalized spacial score (nSPS) is 17.3. The van der Waals surface area contributed by atoms with Crippen LogP contribution in [-0.2, 0) is 23.7 Å². The molecule has 0 radical (unpaired) electrons. The summed E-state index contributed by atoms with van der Waals surface area (Å²) in [5, 5.41) is 0. The number of benzene rings is 1. The van der Waals surface area contributed by atoms with Gasteiger partial charge in [0.2, 0.25) is 5.91 Å². The Morgan fingerprint density at radius 3 is 2.39 bits per heavy atom. The molecule has 1 fully saturated rings. The lowest BCUT2D eigenvalue weighted by atomic mass is 10.1. The van der Waals surface area contributed by atoms with Crippen molar-refractivity contribution in [1.29, 1.82) is 0 Å². The summed E-state index contributed by atoms with van der Waals surface area (Å²) in [4.78, 5) is 55.1. The zero-order valence-corrected chi connectivity index (χ0v) is 17.8. The number of rotatable bonds is 3. The van der Waals surface area contributed by atoms with Crippen molar-refractivity contribution in [1.82, 2.24) is 14.0 Å². The van der Waals surface area contributed by atoms with Gasteiger partial charge in [-0.2, -0.15) is 0 Å². The molecule has 1 aromatic carbocycles. The van der Waals surface area contributed by atoms with Gasteiger partial charge in [-0.3, -0.25) is 28.4 Å². The highest BCUT2D eigenvalue weighted by Crippen LogP contribution is 2.33. The number of fused-ring (bicyclic) bond motifs is 1. The minimum atomic E-state index is -0.669. The Morgan fingerprint density at radius 1 is 1.00 bits per heavy atom. The Kier molecular flexibility index (Phi) is 5.30. The van der Waals surface area contributed by atoms with Crippen molar-refractivity contribution >= 4 is 23.3 Å². The average molecular weight is 427 g/mol. The minimum Gasteiger partial charge on any atom is -0.482 e. The van der Waals surface area contributed by atoms with Gasteiger partial charge in [-0.05, 0) is 19.1 Å². The number of para-hydroxylation sites is 2. The Balaban J connectivity index is 1.49. The number of hydrogen-bond acceptors (Lipinski definition) is 6. The van der Waals surface area contributed by atoms with Crippen LogP contribution in [0.4, 0.5) is 11.5 Å². The molecular formula is C21H25N5O5. The van der Waals surface area contributed by atoms with E-state index in [1.165, 1.54) is 22.6 Å². The standard InChI is InChI=1S/C21H25N5O5/c1-14(26-15-6-4-5-7-16(15)31-13-19(26)28)20(29)25-10-8-24(9-11-25)17-12-18(27)23(3)21(30)22(17)2/h4-7,12,14H,8-11,13H2,1-3H3/t14-/m0/s1. The SMILES string of the molecule is C[C@@H](C(=O)N1CCN(c2cc(=O)n(C)c(=O)n2C)CC1)N1C(=O)COc2ccccc21. The molecule has 10 heteroatoms. The Hall–Kier alpha value is -3.56. The molecule has 2 aliphatic heterocycles. The van der Waals surface area contributed by atoms with Crippen LogP contribution in [0.3, 0.4) is 0 Å². The molecule has 3 heterocycles. The van der Waals surface area contributed by atoms with Crippen molar-refractivity contribution in [2.75, 3.05) is 42.6 Å². The molecule has 1 saturated heterocycles. The van der Waals surface area contributed by atoms with E-state index in [0.717, 1.165) is 4.57 Å². The third kappa shape index (κ3) is 3.58. The van der Waals surface area contributed by atoms with Crippen LogP contribution in [-0.4, -0.2) is 64.7 Å². The van der Waals surface area contributed by atoms with Crippen molar-refractivity contribution in [3.8, 4) is 5.75 Å². The molecule has 1 atom stereocenters. The number of hydrogen-bond donors (Lipinski definition) is 0. The van der Waals surface area contributed by atoms with Gasteiger partial charge < -0.3 is 14.5 Å². The van der Waals surface area contributed by atoms with Gasteiger partial charge in [-0.15, -0.1) is 0 Å². The topological polar surface area (TPSA) is 97.1 Å². The van der Waals surface area contributed by atoms with E-state index in [0.29, 0.717) is 43.4 Å². The van der Waals surface area contributed by atoms with Crippen LogP contribution in [0.15, 0.2) is 39.9 Å². The van der Waals surface area contributed by atoms with Crippen molar-refractivity contribution in [2.45, 2.75) is 13.0 Å². The van der Waals surface area contributed by atoms with Crippen molar-refractivity contribution in [2.24, 2.45) is 14.1 Å². The number of carbonyl (C=O) groups is 2. The van der Waals surface area contributed by atoms with Gasteiger partial charge in [-0.1, -0.05) is 12.1 Å². The maximum Gasteiger partial charge on any atom is 0.332 e. The number of anilines is 2. The third-order valence-corrected chi connectivity index (χ3v) is 5.91. The minimum absolute atomic E-state index is 0.0978. The van der Waals surface area contributed by atoms with Crippen LogP contribution in [0.5, 0.6) is 5.75 Å². The number of nitrogens with zero attached hydrogens (tertiary/aromatic N) is 5. The summed E-state index contributed by atoms with van der Waals surface area (Å²) in [5.41, 5.74) is -0.165. The number of amides is 2. The molecule has 0 N–H and O–H groups in total. The Labute approximate surface area is 178 Å². The monoisotopic (exact) mass is 427 g/mol. The van der Waals surface area contributed by atoms with Crippen LogP contribution >= 0.6 is 0 Å². The quantitative estimate of drug-likeness (QED) is 0.658. The maximum absolute atomic E-state index is 13.2. The summed E-state index contributed by atoms with van der Waals surface area (Å²) in [6.45, 7) is 3.43. The highest BCUT2D eigenvalue weighted by Gasteiger charge is 2.36. The van der Waals surface area contributed by atoms with Gasteiger partial charge in [0.05, 0.1) is 5.69 Å². The summed E-state index contributed by atoms with van der Waals surface area (Å²) in [7, 11) is 3.07. The Morgan fingerprint density at radius 2 is 1.68 bits per heavy atom. The van der Waals surface area contributed by atoms with Crippen molar-refractivity contribution in [3.05, 3.63) is 51.2 Å². The smallest absolute Gasteiger partial charge is 0.332 e. The molecule has 10 nitrogen and oxygen atoms in total. The van der Waals surface area contributed by atoms with E-state index < -0.39 is 6.04 Å². The molecule has 31 heavy (non-hydrogen) atoms. The predicted molar refractivity (Wildman–Crippen MR) is 115 cm³/mol. The molecule has 0 spiro atoms. The van der Waals surface area contributed by atoms with Gasteiger partial charge >= 0.3 is 5.69 Å². The van der Waals surface area contributed by atoms with Crippen molar-refractivity contribution < 1.29 is 14.3 Å². The van der Waals surface area contributed by atoms with Gasteiger partial charge in [0.15, 0.2) is 6.61 Å². The Bertz CT molecular complexity index is 1150. The molecule has 4 rings (SSSR count). The highest BCUT2D eigenvalue weighted by molar-refractivity contribution is 6.03. The molecule has 2 amide bonds. The summed E-state index contributed by atoms with van der Waals surface area (Å²) >= 11 is 0. The number of carbonyl (C=O) groups excluding carboxylic acids is 2. The number of aromatic nitrogens is 2. The van der Waals surface area contributed by atoms with E-state index in [1.54, 1.807) is 37.1 Å². The fraction of sp³-hybridized carbons (Fsp3) is 0.429. The third-order valence-electron chi connectivity index (χ3n) is 5.91. The van der Waals surface area contributed by atoms with E-state index >= 15 is 0 Å². The van der Waals surface area contributed by atoms with Crippen LogP contribution in [0.25, 0.3) is 0 Å². The number of piperazine rings is 1. The van der Waals surface area contributed by atoms with E-state index in [4.69, 9.17) is 4.74 Å². The highest BCUT2D eigenvalue weighted by atomic mass is 16.5. The zero-order valence-electron chi connectivity index (χ0n) is 17.8. The lowest BCUT2D eigenvalue weighted by molar-refractivity contribution is -0.135. The first kappa shape index (κ1) is 20.7. The second-order valence-corrected chi connectivity index (χ2v) is 7.75. The lowest BCUT2D eigenvalue weighted by Crippen LogP contribution is -2.57. The molecular weight excluding hydrogens is 402 g/mol. The van der Waals surface area contributed by atoms with Crippen LogP contribution in [0.2, 0.25) is 0 Å². The zero-order chi connectivity index (χ0) is 22.3. The van der Waals surface area contributed by atoms with Gasteiger partial charge in [-0.25, -0.2) is 4.79 Å². The number of ether oxygens (including phenoxy) is 1. The molecule has 2 aliphatic rings. The summed E-state index contributed by atoms with van der Waals surface area (Å²) in [6, 6.07) is 7.94.